The number of halogens is 1. The van der Waals surface area contributed by atoms with Gasteiger partial charge in [-0.1, -0.05) is 30.3 Å². The number of unbranched alkanes of at least 4 members (excludes halogenated alkanes) is 1. The van der Waals surface area contributed by atoms with Crippen LogP contribution in [0.3, 0.4) is 0 Å². The van der Waals surface area contributed by atoms with Crippen LogP contribution in [0, 0.1) is 6.92 Å². The zero-order valence-electron chi connectivity index (χ0n) is 17.9. The van der Waals surface area contributed by atoms with Crippen molar-refractivity contribution in [3.63, 3.8) is 0 Å². The molecule has 0 aliphatic heterocycles. The third-order valence-corrected chi connectivity index (χ3v) is 4.85. The second-order valence-electron chi connectivity index (χ2n) is 7.08. The number of aromatic nitrogens is 4. The Labute approximate surface area is 191 Å². The van der Waals surface area contributed by atoms with Gasteiger partial charge in [0.1, 0.15) is 10.9 Å². The topological polar surface area (TPSA) is 112 Å². The largest absolute Gasteiger partial charge is 0.450 e. The van der Waals surface area contributed by atoms with Crippen LogP contribution in [0.1, 0.15) is 29.8 Å². The Morgan fingerprint density at radius 2 is 2.19 bits per heavy atom. The standard InChI is InChI=1S/C22H26ClN7O2/c1-16-20(21(24)28-17(2)23)27-15-29(16)9-3-4-11-32-22(31)26-13-18-6-5-7-19(12-18)30-10-8-25-14-30/h5-8,10,12,14-15H,2-4,9,11,13H2,1H3,(H2,24,28)(H,26,31). The van der Waals surface area contributed by atoms with Gasteiger partial charge in [0.25, 0.3) is 0 Å². The highest BCUT2D eigenvalue weighted by molar-refractivity contribution is 6.29. The molecule has 2 heterocycles. The summed E-state index contributed by atoms with van der Waals surface area (Å²) in [5, 5.41) is 2.88. The lowest BCUT2D eigenvalue weighted by Gasteiger charge is -2.09. The number of amidine groups is 1. The van der Waals surface area contributed by atoms with Crippen LogP contribution in [0.4, 0.5) is 4.79 Å². The van der Waals surface area contributed by atoms with Gasteiger partial charge >= 0.3 is 6.09 Å². The summed E-state index contributed by atoms with van der Waals surface area (Å²) in [6, 6.07) is 7.85. The average Bonchev–Trinajstić information content (AvgIpc) is 3.42. The lowest BCUT2D eigenvalue weighted by molar-refractivity contribution is 0.143. The number of nitrogens with one attached hydrogen (secondary N) is 1. The third-order valence-electron chi connectivity index (χ3n) is 4.76. The summed E-state index contributed by atoms with van der Waals surface area (Å²) >= 11 is 5.66. The maximum Gasteiger partial charge on any atom is 0.407 e. The van der Waals surface area contributed by atoms with Gasteiger partial charge in [-0.25, -0.2) is 19.8 Å². The Morgan fingerprint density at radius 1 is 1.34 bits per heavy atom. The van der Waals surface area contributed by atoms with Gasteiger partial charge in [-0.3, -0.25) is 0 Å². The van der Waals surface area contributed by atoms with E-state index in [1.165, 1.54) is 0 Å². The molecule has 0 radical (unpaired) electrons. The molecule has 0 saturated heterocycles. The van der Waals surface area contributed by atoms with Gasteiger partial charge in [-0.2, -0.15) is 0 Å². The van der Waals surface area contributed by atoms with Crippen LogP contribution >= 0.6 is 11.6 Å². The summed E-state index contributed by atoms with van der Waals surface area (Å²) in [5.74, 6) is 0.233. The number of nitrogens with zero attached hydrogens (tertiary/aromatic N) is 5. The van der Waals surface area contributed by atoms with Crippen LogP contribution in [0.2, 0.25) is 0 Å². The van der Waals surface area contributed by atoms with E-state index in [-0.39, 0.29) is 11.0 Å². The van der Waals surface area contributed by atoms with Crippen LogP contribution in [0.15, 0.2) is 66.0 Å². The summed E-state index contributed by atoms with van der Waals surface area (Å²) < 4.78 is 9.15. The van der Waals surface area contributed by atoms with E-state index in [0.717, 1.165) is 36.3 Å². The maximum atomic E-state index is 12.0. The summed E-state index contributed by atoms with van der Waals surface area (Å²) in [5.41, 5.74) is 9.31. The molecular weight excluding hydrogens is 430 g/mol. The fraction of sp³-hybridized carbons (Fsp3) is 0.273. The Morgan fingerprint density at radius 3 is 2.94 bits per heavy atom. The van der Waals surface area contributed by atoms with Gasteiger partial charge in [0.05, 0.1) is 19.3 Å². The molecule has 0 fully saturated rings. The smallest absolute Gasteiger partial charge is 0.407 e. The van der Waals surface area contributed by atoms with E-state index in [1.54, 1.807) is 18.9 Å². The summed E-state index contributed by atoms with van der Waals surface area (Å²) in [6.45, 7) is 6.85. The lowest BCUT2D eigenvalue weighted by Crippen LogP contribution is -2.24. The summed E-state index contributed by atoms with van der Waals surface area (Å²) in [7, 11) is 0. The van der Waals surface area contributed by atoms with Gasteiger partial charge in [-0.05, 0) is 37.5 Å². The highest BCUT2D eigenvalue weighted by Crippen LogP contribution is 2.11. The van der Waals surface area contributed by atoms with Crippen molar-refractivity contribution in [1.29, 1.82) is 0 Å². The molecule has 3 aromatic rings. The SMILES string of the molecule is C=C(Cl)/N=C(/N)c1ncn(CCCCOC(=O)NCc2cccc(-n3ccnc3)c2)c1C. The molecule has 32 heavy (non-hydrogen) atoms. The molecular formula is C22H26ClN7O2. The average molecular weight is 456 g/mol. The summed E-state index contributed by atoms with van der Waals surface area (Å²) in [6.07, 6.45) is 8.12. The van der Waals surface area contributed by atoms with E-state index in [0.29, 0.717) is 18.8 Å². The van der Waals surface area contributed by atoms with Gasteiger partial charge < -0.3 is 24.9 Å². The Kier molecular flexibility index (Phi) is 8.04. The van der Waals surface area contributed by atoms with E-state index in [1.807, 2.05) is 46.5 Å². The predicted molar refractivity (Wildman–Crippen MR) is 124 cm³/mol. The number of rotatable bonds is 10. The normalized spacial score (nSPS) is 11.4. The number of ether oxygens (including phenoxy) is 1. The minimum absolute atomic E-state index is 0.109. The number of aryl methyl sites for hydroxylation is 1. The lowest BCUT2D eigenvalue weighted by atomic mass is 10.2. The number of amides is 1. The molecule has 9 nitrogen and oxygen atoms in total. The number of benzene rings is 1. The molecule has 0 atom stereocenters. The molecule has 0 aliphatic carbocycles. The van der Waals surface area contributed by atoms with Gasteiger partial charge in [0.2, 0.25) is 0 Å². The van der Waals surface area contributed by atoms with Crippen LogP contribution in [0.5, 0.6) is 0 Å². The fourth-order valence-corrected chi connectivity index (χ4v) is 3.21. The maximum absolute atomic E-state index is 12.0. The highest BCUT2D eigenvalue weighted by Gasteiger charge is 2.10. The summed E-state index contributed by atoms with van der Waals surface area (Å²) in [4.78, 5) is 24.2. The van der Waals surface area contributed by atoms with E-state index < -0.39 is 6.09 Å². The third kappa shape index (κ3) is 6.45. The van der Waals surface area contributed by atoms with Crippen LogP contribution in [-0.2, 0) is 17.8 Å². The van der Waals surface area contributed by atoms with Crippen LogP contribution < -0.4 is 11.1 Å². The second kappa shape index (κ2) is 11.1. The van der Waals surface area contributed by atoms with Crippen molar-refractivity contribution in [2.75, 3.05) is 6.61 Å². The first-order valence-corrected chi connectivity index (χ1v) is 10.5. The molecule has 0 spiro atoms. The number of nitrogens with two attached hydrogens (primary N) is 1. The molecule has 2 aromatic heterocycles. The molecule has 1 aromatic carbocycles. The fourth-order valence-electron chi connectivity index (χ4n) is 3.12. The van der Waals surface area contributed by atoms with E-state index in [2.05, 4.69) is 26.9 Å². The molecule has 0 unspecified atom stereocenters. The number of alkyl carbamates (subject to hydrolysis) is 1. The zero-order valence-corrected chi connectivity index (χ0v) is 18.6. The predicted octanol–water partition coefficient (Wildman–Crippen LogP) is 3.50. The van der Waals surface area contributed by atoms with Crippen LogP contribution in [0.25, 0.3) is 5.69 Å². The number of aliphatic imine (C=N–C) groups is 1. The Bertz CT molecular complexity index is 1090. The van der Waals surface area contributed by atoms with Crippen LogP contribution in [-0.4, -0.2) is 37.6 Å². The molecule has 0 bridgehead atoms. The van der Waals surface area contributed by atoms with Gasteiger partial charge in [0.15, 0.2) is 5.84 Å². The van der Waals surface area contributed by atoms with Gasteiger partial charge in [0, 0.05) is 36.9 Å². The number of hydrogen-bond donors (Lipinski definition) is 2. The van der Waals surface area contributed by atoms with E-state index in [4.69, 9.17) is 22.1 Å². The van der Waals surface area contributed by atoms with E-state index >= 15 is 0 Å². The quantitative estimate of drug-likeness (QED) is 0.210. The van der Waals surface area contributed by atoms with Gasteiger partial charge in [-0.15, -0.1) is 0 Å². The number of imidazole rings is 2. The molecule has 3 N–H and O–H groups in total. The van der Waals surface area contributed by atoms with Crippen molar-refractivity contribution in [3.8, 4) is 5.69 Å². The monoisotopic (exact) mass is 455 g/mol. The second-order valence-corrected chi connectivity index (χ2v) is 7.52. The van der Waals surface area contributed by atoms with Crippen molar-refractivity contribution in [1.82, 2.24) is 24.4 Å². The first-order chi connectivity index (χ1) is 15.4. The first-order valence-electron chi connectivity index (χ1n) is 10.1. The molecule has 0 saturated carbocycles. The Hall–Kier alpha value is -3.59. The van der Waals surface area contributed by atoms with Crippen molar-refractivity contribution in [2.24, 2.45) is 10.7 Å². The molecule has 0 aliphatic rings. The number of carbonyl (C=O) groups is 1. The molecule has 168 valence electrons. The van der Waals surface area contributed by atoms with Crippen molar-refractivity contribution < 1.29 is 9.53 Å². The molecule has 10 heteroatoms. The minimum Gasteiger partial charge on any atom is -0.450 e. The first kappa shape index (κ1) is 23.1. The van der Waals surface area contributed by atoms with Crippen molar-refractivity contribution in [3.05, 3.63) is 78.0 Å². The Balaban J connectivity index is 1.37. The molecule has 3 rings (SSSR count). The molecule has 1 amide bonds. The highest BCUT2D eigenvalue weighted by atomic mass is 35.5. The minimum atomic E-state index is -0.440. The number of hydrogen-bond acceptors (Lipinski definition) is 5. The van der Waals surface area contributed by atoms with Crippen molar-refractivity contribution >= 4 is 23.5 Å². The number of carbonyl (C=O) groups excluding carboxylic acids is 1. The van der Waals surface area contributed by atoms with Crippen molar-refractivity contribution in [2.45, 2.75) is 32.9 Å². The zero-order chi connectivity index (χ0) is 22.9. The van der Waals surface area contributed by atoms with E-state index in [9.17, 15) is 4.79 Å².